The van der Waals surface area contributed by atoms with Gasteiger partial charge in [0.25, 0.3) is 0 Å². The van der Waals surface area contributed by atoms with Crippen LogP contribution in [0.1, 0.15) is 38.3 Å². The highest BCUT2D eigenvalue weighted by atomic mass is 15.0. The molecule has 1 saturated carbocycles. The molecule has 0 bridgehead atoms. The second-order valence-corrected chi connectivity index (χ2v) is 4.89. The van der Waals surface area contributed by atoms with Crippen LogP contribution in [0.15, 0.2) is 18.2 Å². The quantitative estimate of drug-likeness (QED) is 0.843. The molecule has 2 rings (SSSR count). The Labute approximate surface area is 96.5 Å². The van der Waals surface area contributed by atoms with E-state index < -0.39 is 0 Å². The van der Waals surface area contributed by atoms with Crippen LogP contribution in [0, 0.1) is 16.7 Å². The molecule has 0 radical (unpaired) electrons. The van der Waals surface area contributed by atoms with Crippen LogP contribution in [-0.4, -0.2) is 11.5 Å². The first-order valence-corrected chi connectivity index (χ1v) is 5.83. The van der Waals surface area contributed by atoms with E-state index in [1.165, 1.54) is 25.7 Å². The predicted octanol–water partition coefficient (Wildman–Crippen LogP) is 2.95. The molecule has 1 heterocycles. The van der Waals surface area contributed by atoms with Gasteiger partial charge in [0.05, 0.1) is 0 Å². The van der Waals surface area contributed by atoms with Crippen molar-refractivity contribution in [3.05, 3.63) is 23.9 Å². The van der Waals surface area contributed by atoms with Crippen molar-refractivity contribution in [3.63, 3.8) is 0 Å². The maximum atomic E-state index is 8.75. The van der Waals surface area contributed by atoms with E-state index in [1.54, 1.807) is 6.07 Å². The van der Waals surface area contributed by atoms with E-state index in [-0.39, 0.29) is 0 Å². The highest BCUT2D eigenvalue weighted by Gasteiger charge is 2.28. The number of nitrogens with one attached hydrogen (secondary N) is 1. The molecule has 3 nitrogen and oxygen atoms in total. The fourth-order valence-corrected chi connectivity index (χ4v) is 2.30. The van der Waals surface area contributed by atoms with Crippen LogP contribution in [0.5, 0.6) is 0 Å². The molecule has 3 heteroatoms. The second-order valence-electron chi connectivity index (χ2n) is 4.89. The molecule has 0 spiro atoms. The van der Waals surface area contributed by atoms with E-state index >= 15 is 0 Å². The standard InChI is InChI=1S/C13H17N3/c1-13(7-2-3-8-13)10-15-12-6-4-5-11(9-14)16-12/h4-6H,2-3,7-8,10H2,1H3,(H,15,16). The summed E-state index contributed by atoms with van der Waals surface area (Å²) in [5.41, 5.74) is 0.881. The largest absolute Gasteiger partial charge is 0.369 e. The Hall–Kier alpha value is -1.56. The first-order chi connectivity index (χ1) is 7.72. The first-order valence-electron chi connectivity index (χ1n) is 5.83. The maximum Gasteiger partial charge on any atom is 0.142 e. The van der Waals surface area contributed by atoms with E-state index in [0.29, 0.717) is 11.1 Å². The van der Waals surface area contributed by atoms with Crippen molar-refractivity contribution in [1.29, 1.82) is 5.26 Å². The number of anilines is 1. The van der Waals surface area contributed by atoms with Crippen molar-refractivity contribution in [1.82, 2.24) is 4.98 Å². The second kappa shape index (κ2) is 4.52. The molecule has 1 aliphatic carbocycles. The van der Waals surface area contributed by atoms with Crippen LogP contribution in [0.2, 0.25) is 0 Å². The molecule has 1 N–H and O–H groups in total. The van der Waals surface area contributed by atoms with Gasteiger partial charge in [-0.2, -0.15) is 5.26 Å². The molecule has 1 aromatic rings. The van der Waals surface area contributed by atoms with Crippen LogP contribution in [0.25, 0.3) is 0 Å². The summed E-state index contributed by atoms with van der Waals surface area (Å²) in [6.07, 6.45) is 5.25. The lowest BCUT2D eigenvalue weighted by atomic mass is 9.89. The number of nitrogens with zero attached hydrogens (tertiary/aromatic N) is 2. The summed E-state index contributed by atoms with van der Waals surface area (Å²) in [7, 11) is 0. The van der Waals surface area contributed by atoms with Crippen LogP contribution < -0.4 is 5.32 Å². The molecule has 1 aliphatic rings. The third-order valence-electron chi connectivity index (χ3n) is 3.37. The normalized spacial score (nSPS) is 18.0. The van der Waals surface area contributed by atoms with Gasteiger partial charge in [0.1, 0.15) is 17.6 Å². The molecule has 0 aromatic carbocycles. The predicted molar refractivity (Wildman–Crippen MR) is 64.0 cm³/mol. The van der Waals surface area contributed by atoms with Gasteiger partial charge in [-0.1, -0.05) is 25.8 Å². The number of nitriles is 1. The van der Waals surface area contributed by atoms with E-state index in [0.717, 1.165) is 12.4 Å². The molecule has 0 unspecified atom stereocenters. The van der Waals surface area contributed by atoms with Gasteiger partial charge in [-0.25, -0.2) is 4.98 Å². The van der Waals surface area contributed by atoms with E-state index in [1.807, 2.05) is 12.1 Å². The highest BCUT2D eigenvalue weighted by Crippen LogP contribution is 2.37. The summed E-state index contributed by atoms with van der Waals surface area (Å²) in [5.74, 6) is 0.812. The molecule has 84 valence electrons. The lowest BCUT2D eigenvalue weighted by Crippen LogP contribution is -2.23. The van der Waals surface area contributed by atoms with Gasteiger partial charge < -0.3 is 5.32 Å². The SMILES string of the molecule is CC1(CNc2cccc(C#N)n2)CCCC1. The van der Waals surface area contributed by atoms with Crippen LogP contribution in [0.4, 0.5) is 5.82 Å². The summed E-state index contributed by atoms with van der Waals surface area (Å²) < 4.78 is 0. The Morgan fingerprint density at radius 3 is 2.88 bits per heavy atom. The van der Waals surface area contributed by atoms with Crippen LogP contribution >= 0.6 is 0 Å². The van der Waals surface area contributed by atoms with Gasteiger partial charge in [0, 0.05) is 6.54 Å². The molecule has 0 saturated heterocycles. The van der Waals surface area contributed by atoms with E-state index in [4.69, 9.17) is 5.26 Å². The minimum atomic E-state index is 0.407. The van der Waals surface area contributed by atoms with Gasteiger partial charge in [-0.15, -0.1) is 0 Å². The Morgan fingerprint density at radius 2 is 2.19 bits per heavy atom. The molecular weight excluding hydrogens is 198 g/mol. The van der Waals surface area contributed by atoms with Gasteiger partial charge in [-0.3, -0.25) is 0 Å². The molecule has 1 fully saturated rings. The maximum absolute atomic E-state index is 8.75. The van der Waals surface area contributed by atoms with Gasteiger partial charge in [-0.05, 0) is 30.4 Å². The molecule has 0 atom stereocenters. The molecule has 0 amide bonds. The van der Waals surface area contributed by atoms with Crippen LogP contribution in [-0.2, 0) is 0 Å². The van der Waals surface area contributed by atoms with Gasteiger partial charge in [0.2, 0.25) is 0 Å². The Balaban J connectivity index is 1.96. The fraction of sp³-hybridized carbons (Fsp3) is 0.538. The van der Waals surface area contributed by atoms with Crippen molar-refractivity contribution in [2.75, 3.05) is 11.9 Å². The number of hydrogen-bond acceptors (Lipinski definition) is 3. The number of aromatic nitrogens is 1. The molecule has 16 heavy (non-hydrogen) atoms. The Bertz CT molecular complexity index is 400. The number of rotatable bonds is 3. The summed E-state index contributed by atoms with van der Waals surface area (Å²) >= 11 is 0. The zero-order valence-electron chi connectivity index (χ0n) is 9.66. The average Bonchev–Trinajstić information content (AvgIpc) is 2.75. The van der Waals surface area contributed by atoms with Crippen molar-refractivity contribution < 1.29 is 0 Å². The van der Waals surface area contributed by atoms with E-state index in [2.05, 4.69) is 23.3 Å². The van der Waals surface area contributed by atoms with Crippen molar-refractivity contribution >= 4 is 5.82 Å². The summed E-state index contributed by atoms with van der Waals surface area (Å²) in [5, 5.41) is 12.1. The molecule has 0 aliphatic heterocycles. The zero-order chi connectivity index (χ0) is 11.4. The summed E-state index contributed by atoms with van der Waals surface area (Å²) in [6, 6.07) is 7.56. The first kappa shape index (κ1) is 10.9. The third kappa shape index (κ3) is 2.52. The topological polar surface area (TPSA) is 48.7 Å². The third-order valence-corrected chi connectivity index (χ3v) is 3.37. The van der Waals surface area contributed by atoms with Crippen molar-refractivity contribution in [3.8, 4) is 6.07 Å². The average molecular weight is 215 g/mol. The van der Waals surface area contributed by atoms with Crippen LogP contribution in [0.3, 0.4) is 0 Å². The zero-order valence-corrected chi connectivity index (χ0v) is 9.66. The smallest absolute Gasteiger partial charge is 0.142 e. The monoisotopic (exact) mass is 215 g/mol. The minimum Gasteiger partial charge on any atom is -0.369 e. The van der Waals surface area contributed by atoms with Crippen molar-refractivity contribution in [2.45, 2.75) is 32.6 Å². The number of hydrogen-bond donors (Lipinski definition) is 1. The Kier molecular flexibility index (Phi) is 3.09. The van der Waals surface area contributed by atoms with E-state index in [9.17, 15) is 0 Å². The minimum absolute atomic E-state index is 0.407. The Morgan fingerprint density at radius 1 is 1.44 bits per heavy atom. The molecular formula is C13H17N3. The lowest BCUT2D eigenvalue weighted by Gasteiger charge is -2.23. The summed E-state index contributed by atoms with van der Waals surface area (Å²) in [6.45, 7) is 3.27. The van der Waals surface area contributed by atoms with Crippen molar-refractivity contribution in [2.24, 2.45) is 5.41 Å². The number of pyridine rings is 1. The summed E-state index contributed by atoms with van der Waals surface area (Å²) in [4.78, 5) is 4.21. The fourth-order valence-electron chi connectivity index (χ4n) is 2.30. The molecule has 1 aromatic heterocycles. The highest BCUT2D eigenvalue weighted by molar-refractivity contribution is 5.38. The van der Waals surface area contributed by atoms with Gasteiger partial charge >= 0.3 is 0 Å². The van der Waals surface area contributed by atoms with Gasteiger partial charge in [0.15, 0.2) is 0 Å². The lowest BCUT2D eigenvalue weighted by molar-refractivity contribution is 0.361.